The third-order valence-electron chi connectivity index (χ3n) is 4.71. The van der Waals surface area contributed by atoms with Gasteiger partial charge < -0.3 is 28.8 Å². The van der Waals surface area contributed by atoms with Crippen LogP contribution in [0.1, 0.15) is 21.6 Å². The second-order valence-corrected chi connectivity index (χ2v) is 6.55. The van der Waals surface area contributed by atoms with E-state index in [0.29, 0.717) is 50.6 Å². The monoisotopic (exact) mass is 402 g/mol. The van der Waals surface area contributed by atoms with Crippen molar-refractivity contribution in [1.29, 1.82) is 0 Å². The molecule has 1 aromatic carbocycles. The van der Waals surface area contributed by atoms with Gasteiger partial charge in [0.15, 0.2) is 0 Å². The normalized spacial score (nSPS) is 13.3. The number of methoxy groups -OCH3 is 2. The Hall–Kier alpha value is -2.84. The number of carbonyl (C=O) groups is 1. The van der Waals surface area contributed by atoms with Crippen molar-refractivity contribution in [3.63, 3.8) is 0 Å². The van der Waals surface area contributed by atoms with Crippen molar-refractivity contribution in [2.75, 3.05) is 40.6 Å². The lowest BCUT2D eigenvalue weighted by Crippen LogP contribution is -2.31. The Labute approximate surface area is 169 Å². The molecule has 2 heterocycles. The molecule has 1 aromatic heterocycles. The van der Waals surface area contributed by atoms with E-state index in [1.807, 2.05) is 24.3 Å². The van der Waals surface area contributed by atoms with Crippen LogP contribution >= 0.6 is 0 Å². The quantitative estimate of drug-likeness (QED) is 0.672. The summed E-state index contributed by atoms with van der Waals surface area (Å²) < 4.78 is 23.0. The van der Waals surface area contributed by atoms with Gasteiger partial charge in [-0.15, -0.1) is 0 Å². The average Bonchev–Trinajstić information content (AvgIpc) is 2.99. The first-order valence-corrected chi connectivity index (χ1v) is 9.51. The first-order chi connectivity index (χ1) is 14.1. The molecule has 1 aliphatic rings. The van der Waals surface area contributed by atoms with E-state index in [1.54, 1.807) is 18.8 Å². The van der Waals surface area contributed by atoms with E-state index in [2.05, 4.69) is 5.32 Å². The summed E-state index contributed by atoms with van der Waals surface area (Å²) in [5.74, 6) is 0.730. The zero-order valence-corrected chi connectivity index (χ0v) is 16.7. The number of hydrogen-bond donors (Lipinski definition) is 1. The molecule has 0 fully saturated rings. The molecule has 2 aromatic rings. The number of fused-ring (bicyclic) bond motifs is 1. The number of pyridine rings is 1. The van der Waals surface area contributed by atoms with Gasteiger partial charge in [-0.25, -0.2) is 0 Å². The van der Waals surface area contributed by atoms with Crippen molar-refractivity contribution in [2.24, 2.45) is 0 Å². The van der Waals surface area contributed by atoms with Gasteiger partial charge in [-0.1, -0.05) is 12.1 Å². The van der Waals surface area contributed by atoms with Crippen molar-refractivity contribution in [3.8, 4) is 11.5 Å². The van der Waals surface area contributed by atoms with Gasteiger partial charge in [0.25, 0.3) is 11.5 Å². The molecule has 0 aliphatic carbocycles. The number of aromatic nitrogens is 1. The van der Waals surface area contributed by atoms with Crippen LogP contribution in [0.2, 0.25) is 0 Å². The smallest absolute Gasteiger partial charge is 0.257 e. The van der Waals surface area contributed by atoms with E-state index in [9.17, 15) is 9.59 Å². The first-order valence-electron chi connectivity index (χ1n) is 9.51. The summed E-state index contributed by atoms with van der Waals surface area (Å²) in [4.78, 5) is 25.6. The maximum atomic E-state index is 13.1. The van der Waals surface area contributed by atoms with E-state index in [-0.39, 0.29) is 23.8 Å². The van der Waals surface area contributed by atoms with Crippen LogP contribution in [0.3, 0.4) is 0 Å². The maximum Gasteiger partial charge on any atom is 0.257 e. The molecule has 156 valence electrons. The van der Waals surface area contributed by atoms with Gasteiger partial charge in [0.1, 0.15) is 23.7 Å². The van der Waals surface area contributed by atoms with E-state index < -0.39 is 0 Å². The molecule has 0 atom stereocenters. The minimum atomic E-state index is -0.293. The van der Waals surface area contributed by atoms with Crippen LogP contribution in [0.5, 0.6) is 11.5 Å². The molecule has 8 nitrogen and oxygen atoms in total. The fourth-order valence-electron chi connectivity index (χ4n) is 3.21. The van der Waals surface area contributed by atoms with Crippen molar-refractivity contribution in [1.82, 2.24) is 9.88 Å². The number of hydrogen-bond acceptors (Lipinski definition) is 6. The fourth-order valence-corrected chi connectivity index (χ4v) is 3.21. The Morgan fingerprint density at radius 3 is 2.69 bits per heavy atom. The molecular formula is C21H26N2O6. The van der Waals surface area contributed by atoms with Gasteiger partial charge >= 0.3 is 0 Å². The van der Waals surface area contributed by atoms with E-state index >= 15 is 0 Å². The molecule has 29 heavy (non-hydrogen) atoms. The molecule has 0 radical (unpaired) electrons. The molecule has 0 unspecified atom stereocenters. The van der Waals surface area contributed by atoms with Crippen LogP contribution in [0.15, 0.2) is 35.1 Å². The number of carbonyl (C=O) groups excluding carboxylic acids is 1. The number of benzene rings is 1. The molecule has 0 bridgehead atoms. The first kappa shape index (κ1) is 20.9. The highest BCUT2D eigenvalue weighted by atomic mass is 16.5. The average molecular weight is 402 g/mol. The Kier molecular flexibility index (Phi) is 7.26. The zero-order valence-electron chi connectivity index (χ0n) is 16.7. The highest BCUT2D eigenvalue weighted by Gasteiger charge is 2.24. The van der Waals surface area contributed by atoms with Crippen molar-refractivity contribution >= 4 is 5.91 Å². The highest BCUT2D eigenvalue weighted by Crippen LogP contribution is 2.23. The lowest BCUT2D eigenvalue weighted by Gasteiger charge is -2.18. The Morgan fingerprint density at radius 2 is 1.97 bits per heavy atom. The van der Waals surface area contributed by atoms with Crippen LogP contribution in [0, 0.1) is 0 Å². The molecule has 0 spiro atoms. The van der Waals surface area contributed by atoms with E-state index in [0.717, 1.165) is 11.3 Å². The largest absolute Gasteiger partial charge is 0.497 e. The van der Waals surface area contributed by atoms with Gasteiger partial charge in [0.05, 0.1) is 26.9 Å². The second-order valence-electron chi connectivity index (χ2n) is 6.55. The lowest BCUT2D eigenvalue weighted by molar-refractivity contribution is 0.0940. The molecule has 1 amide bonds. The highest BCUT2D eigenvalue weighted by molar-refractivity contribution is 5.98. The van der Waals surface area contributed by atoms with Gasteiger partial charge in [-0.3, -0.25) is 9.59 Å². The summed E-state index contributed by atoms with van der Waals surface area (Å²) in [5, 5.41) is 2.93. The standard InChI is InChI=1S/C21H26N2O6/c1-26-11-12-29-18-13-19(24)23-8-10-28-9-7-17(23)20(18)21(25)22-14-15-3-5-16(27-2)6-4-15/h3-6,13H,7-12,14H2,1-2H3,(H,22,25). The number of nitrogens with one attached hydrogen (secondary N) is 1. The molecule has 0 saturated heterocycles. The Morgan fingerprint density at radius 1 is 1.17 bits per heavy atom. The minimum absolute atomic E-state index is 0.204. The molecule has 3 rings (SSSR count). The Balaban J connectivity index is 1.87. The summed E-state index contributed by atoms with van der Waals surface area (Å²) in [6.07, 6.45) is 0.460. The predicted octanol–water partition coefficient (Wildman–Crippen LogP) is 1.38. The van der Waals surface area contributed by atoms with E-state index in [4.69, 9.17) is 18.9 Å². The van der Waals surface area contributed by atoms with E-state index in [1.165, 1.54) is 6.07 Å². The molecule has 1 aliphatic heterocycles. The zero-order chi connectivity index (χ0) is 20.6. The van der Waals surface area contributed by atoms with Crippen LogP contribution in [-0.4, -0.2) is 51.1 Å². The third kappa shape index (κ3) is 5.16. The lowest BCUT2D eigenvalue weighted by atomic mass is 10.1. The summed E-state index contributed by atoms with van der Waals surface area (Å²) in [7, 11) is 3.17. The minimum Gasteiger partial charge on any atom is -0.497 e. The summed E-state index contributed by atoms with van der Waals surface area (Å²) in [6.45, 7) is 2.23. The molecular weight excluding hydrogens is 376 g/mol. The number of amides is 1. The van der Waals surface area contributed by atoms with Gasteiger partial charge in [0.2, 0.25) is 0 Å². The van der Waals surface area contributed by atoms with Crippen molar-refractivity contribution in [2.45, 2.75) is 19.5 Å². The Bertz CT molecular complexity index is 891. The second kappa shape index (κ2) is 10.1. The van der Waals surface area contributed by atoms with Crippen LogP contribution < -0.4 is 20.3 Å². The van der Waals surface area contributed by atoms with Crippen LogP contribution in [-0.2, 0) is 29.0 Å². The summed E-state index contributed by atoms with van der Waals surface area (Å²) in [5.41, 5.74) is 1.74. The SMILES string of the molecule is COCCOc1cc(=O)n2c(c1C(=O)NCc1ccc(OC)cc1)CCOCC2. The third-order valence-corrected chi connectivity index (χ3v) is 4.71. The number of rotatable bonds is 8. The number of nitrogens with zero attached hydrogens (tertiary/aromatic N) is 1. The van der Waals surface area contributed by atoms with Crippen LogP contribution in [0.4, 0.5) is 0 Å². The predicted molar refractivity (Wildman–Crippen MR) is 107 cm³/mol. The van der Waals surface area contributed by atoms with Crippen molar-refractivity contribution in [3.05, 3.63) is 57.5 Å². The fraction of sp³-hybridized carbons (Fsp3) is 0.429. The van der Waals surface area contributed by atoms with Crippen molar-refractivity contribution < 1.29 is 23.7 Å². The maximum absolute atomic E-state index is 13.1. The molecule has 1 N–H and O–H groups in total. The van der Waals surface area contributed by atoms with Gasteiger partial charge in [-0.2, -0.15) is 0 Å². The molecule has 8 heteroatoms. The van der Waals surface area contributed by atoms with Crippen LogP contribution in [0.25, 0.3) is 0 Å². The summed E-state index contributed by atoms with van der Waals surface area (Å²) >= 11 is 0. The van der Waals surface area contributed by atoms with Gasteiger partial charge in [0, 0.05) is 38.4 Å². The summed E-state index contributed by atoms with van der Waals surface area (Å²) in [6, 6.07) is 8.82. The molecule has 0 saturated carbocycles. The topological polar surface area (TPSA) is 88.0 Å². The number of ether oxygens (including phenoxy) is 4. The van der Waals surface area contributed by atoms with Gasteiger partial charge in [-0.05, 0) is 17.7 Å².